The first-order valence-electron chi connectivity index (χ1n) is 4.90. The van der Waals surface area contributed by atoms with Crippen molar-refractivity contribution in [1.29, 1.82) is 0 Å². The molecule has 0 unspecified atom stereocenters. The van der Waals surface area contributed by atoms with Gasteiger partial charge in [0.1, 0.15) is 0 Å². The average molecular weight is 211 g/mol. The van der Waals surface area contributed by atoms with Gasteiger partial charge in [-0.3, -0.25) is 0 Å². The third-order valence-corrected chi connectivity index (χ3v) is 3.06. The molecule has 0 aromatic carbocycles. The van der Waals surface area contributed by atoms with Gasteiger partial charge in [-0.1, -0.05) is 17.3 Å². The number of hydrogen-bond donors (Lipinski definition) is 0. The van der Waals surface area contributed by atoms with Gasteiger partial charge in [-0.05, 0) is 38.0 Å². The molecular weight excluding hydrogens is 194 g/mol. The van der Waals surface area contributed by atoms with Crippen LogP contribution in [-0.4, -0.2) is 20.5 Å². The molecule has 0 saturated heterocycles. The topological polar surface area (TPSA) is 58.0 Å². The van der Waals surface area contributed by atoms with Gasteiger partial charge in [0.05, 0.1) is 12.1 Å². The van der Waals surface area contributed by atoms with Crippen molar-refractivity contribution in [2.24, 2.45) is 5.11 Å². The van der Waals surface area contributed by atoms with Crippen LogP contribution in [0.15, 0.2) is 17.3 Å². The molecule has 1 rings (SSSR count). The fraction of sp³-hybridized carbons (Fsp3) is 0.778. The molecule has 0 bridgehead atoms. The minimum atomic E-state index is -1.53. The smallest absolute Gasteiger partial charge is 0.184 e. The Morgan fingerprint density at radius 2 is 2.00 bits per heavy atom. The third kappa shape index (κ3) is 3.53. The van der Waals surface area contributed by atoms with Crippen LogP contribution in [0.25, 0.3) is 10.4 Å². The van der Waals surface area contributed by atoms with E-state index in [1.807, 2.05) is 0 Å². The first-order chi connectivity index (χ1) is 6.53. The molecule has 1 aliphatic carbocycles. The van der Waals surface area contributed by atoms with Crippen LogP contribution in [0.2, 0.25) is 19.6 Å². The fourth-order valence-corrected chi connectivity index (χ4v) is 2.71. The predicted molar refractivity (Wildman–Crippen MR) is 59.5 cm³/mol. The largest absolute Gasteiger partial charge is 0.414 e. The Labute approximate surface area is 85.7 Å². The van der Waals surface area contributed by atoms with Gasteiger partial charge in [0.25, 0.3) is 0 Å². The Hall–Kier alpha value is -0.773. The van der Waals surface area contributed by atoms with Crippen LogP contribution in [0.3, 0.4) is 0 Å². The van der Waals surface area contributed by atoms with Crippen molar-refractivity contribution < 1.29 is 4.43 Å². The highest BCUT2D eigenvalue weighted by molar-refractivity contribution is 6.69. The van der Waals surface area contributed by atoms with Crippen molar-refractivity contribution in [1.82, 2.24) is 0 Å². The van der Waals surface area contributed by atoms with Crippen LogP contribution in [0.1, 0.15) is 12.8 Å². The van der Waals surface area contributed by atoms with Gasteiger partial charge in [-0.15, -0.1) is 0 Å². The van der Waals surface area contributed by atoms with E-state index in [-0.39, 0.29) is 12.1 Å². The van der Waals surface area contributed by atoms with Crippen LogP contribution in [-0.2, 0) is 4.43 Å². The zero-order chi connectivity index (χ0) is 10.6. The molecule has 78 valence electrons. The summed E-state index contributed by atoms with van der Waals surface area (Å²) in [5.74, 6) is 0. The van der Waals surface area contributed by atoms with Crippen molar-refractivity contribution in [2.45, 2.75) is 44.6 Å². The normalized spacial score (nSPS) is 27.1. The molecule has 0 aliphatic heterocycles. The second kappa shape index (κ2) is 4.64. The second-order valence-electron chi connectivity index (χ2n) is 4.48. The zero-order valence-corrected chi connectivity index (χ0v) is 9.97. The number of hydrogen-bond acceptors (Lipinski definition) is 2. The summed E-state index contributed by atoms with van der Waals surface area (Å²) in [5.41, 5.74) is 8.42. The van der Waals surface area contributed by atoms with Gasteiger partial charge >= 0.3 is 0 Å². The van der Waals surface area contributed by atoms with Crippen LogP contribution in [0, 0.1) is 0 Å². The minimum absolute atomic E-state index is 0.0169. The summed E-state index contributed by atoms with van der Waals surface area (Å²) in [6.07, 6.45) is 5.92. The van der Waals surface area contributed by atoms with Gasteiger partial charge in [-0.2, -0.15) is 0 Å². The molecule has 5 heteroatoms. The molecule has 0 fully saturated rings. The summed E-state index contributed by atoms with van der Waals surface area (Å²) in [7, 11) is -1.53. The molecule has 0 aromatic heterocycles. The molecule has 1 aliphatic rings. The van der Waals surface area contributed by atoms with E-state index in [1.165, 1.54) is 0 Å². The molecule has 0 amide bonds. The zero-order valence-electron chi connectivity index (χ0n) is 8.97. The Kier molecular flexibility index (Phi) is 3.75. The van der Waals surface area contributed by atoms with E-state index in [0.717, 1.165) is 12.8 Å². The lowest BCUT2D eigenvalue weighted by molar-refractivity contribution is 0.162. The van der Waals surface area contributed by atoms with Crippen molar-refractivity contribution in [3.8, 4) is 0 Å². The SMILES string of the molecule is C[Si](C)(C)O[C@H]1CC=CC[C@@H]1N=[N+]=[N-]. The maximum Gasteiger partial charge on any atom is 0.184 e. The lowest BCUT2D eigenvalue weighted by Crippen LogP contribution is -2.38. The van der Waals surface area contributed by atoms with Gasteiger partial charge < -0.3 is 4.43 Å². The quantitative estimate of drug-likeness (QED) is 0.232. The lowest BCUT2D eigenvalue weighted by Gasteiger charge is -2.31. The summed E-state index contributed by atoms with van der Waals surface area (Å²) in [6.45, 7) is 6.45. The second-order valence-corrected chi connectivity index (χ2v) is 8.94. The lowest BCUT2D eigenvalue weighted by atomic mass is 10.00. The highest BCUT2D eigenvalue weighted by Crippen LogP contribution is 2.22. The van der Waals surface area contributed by atoms with E-state index < -0.39 is 8.32 Å². The Morgan fingerprint density at radius 1 is 1.36 bits per heavy atom. The standard InChI is InChI=1S/C9H17N3OSi/c1-14(2,3)13-9-7-5-4-6-8(9)11-12-10/h4-5,8-9H,6-7H2,1-3H3/t8-,9-/m0/s1. The van der Waals surface area contributed by atoms with Crippen LogP contribution in [0.4, 0.5) is 0 Å². The molecule has 4 nitrogen and oxygen atoms in total. The highest BCUT2D eigenvalue weighted by atomic mass is 28.4. The maximum atomic E-state index is 8.42. The summed E-state index contributed by atoms with van der Waals surface area (Å²) < 4.78 is 5.97. The molecule has 0 radical (unpaired) electrons. The van der Waals surface area contributed by atoms with E-state index in [0.29, 0.717) is 0 Å². The van der Waals surface area contributed by atoms with Gasteiger partial charge in [0.2, 0.25) is 0 Å². The maximum absolute atomic E-state index is 8.42. The van der Waals surface area contributed by atoms with Crippen LogP contribution in [0.5, 0.6) is 0 Å². The van der Waals surface area contributed by atoms with E-state index in [2.05, 4.69) is 41.8 Å². The van der Waals surface area contributed by atoms with E-state index in [9.17, 15) is 0 Å². The fourth-order valence-electron chi connectivity index (χ4n) is 1.54. The minimum Gasteiger partial charge on any atom is -0.414 e. The third-order valence-electron chi connectivity index (χ3n) is 2.05. The number of nitrogens with zero attached hydrogens (tertiary/aromatic N) is 3. The molecule has 14 heavy (non-hydrogen) atoms. The van der Waals surface area contributed by atoms with Crippen LogP contribution >= 0.6 is 0 Å². The molecule has 0 N–H and O–H groups in total. The predicted octanol–water partition coefficient (Wildman–Crippen LogP) is 3.24. The molecule has 2 atom stereocenters. The Balaban J connectivity index is 2.65. The van der Waals surface area contributed by atoms with E-state index >= 15 is 0 Å². The van der Waals surface area contributed by atoms with Gasteiger partial charge in [0.15, 0.2) is 8.32 Å². The van der Waals surface area contributed by atoms with Crippen molar-refractivity contribution in [2.75, 3.05) is 0 Å². The molecular formula is C9H17N3OSi. The van der Waals surface area contributed by atoms with Gasteiger partial charge in [-0.25, -0.2) is 0 Å². The summed E-state index contributed by atoms with van der Waals surface area (Å²) >= 11 is 0. The van der Waals surface area contributed by atoms with Crippen molar-refractivity contribution in [3.05, 3.63) is 22.6 Å². The van der Waals surface area contributed by atoms with Crippen molar-refractivity contribution in [3.63, 3.8) is 0 Å². The molecule has 0 saturated carbocycles. The average Bonchev–Trinajstić information content (AvgIpc) is 2.06. The summed E-state index contributed by atoms with van der Waals surface area (Å²) in [4.78, 5) is 2.87. The van der Waals surface area contributed by atoms with E-state index in [1.54, 1.807) is 0 Å². The molecule has 0 spiro atoms. The number of azide groups is 1. The summed E-state index contributed by atoms with van der Waals surface area (Å²) in [5, 5.41) is 3.78. The first kappa shape index (κ1) is 11.3. The first-order valence-corrected chi connectivity index (χ1v) is 8.31. The number of rotatable bonds is 3. The molecule has 0 heterocycles. The van der Waals surface area contributed by atoms with Gasteiger partial charge in [0, 0.05) is 4.91 Å². The van der Waals surface area contributed by atoms with Crippen LogP contribution < -0.4 is 0 Å². The Bertz CT molecular complexity index is 266. The summed E-state index contributed by atoms with van der Waals surface area (Å²) in [6, 6.07) is -0.0169. The van der Waals surface area contributed by atoms with E-state index in [4.69, 9.17) is 9.96 Å². The monoisotopic (exact) mass is 211 g/mol. The Morgan fingerprint density at radius 3 is 2.57 bits per heavy atom. The van der Waals surface area contributed by atoms with Crippen molar-refractivity contribution >= 4 is 8.32 Å². The molecule has 0 aromatic rings. The highest BCUT2D eigenvalue weighted by Gasteiger charge is 2.27.